The molecular weight excluding hydrogens is 350 g/mol. The van der Waals surface area contributed by atoms with Gasteiger partial charge in [-0.1, -0.05) is 36.8 Å². The van der Waals surface area contributed by atoms with Gasteiger partial charge in [0.25, 0.3) is 5.91 Å². The lowest BCUT2D eigenvalue weighted by atomic mass is 10.1. The summed E-state index contributed by atoms with van der Waals surface area (Å²) in [5, 5.41) is 8.51. The van der Waals surface area contributed by atoms with Crippen LogP contribution in [0.15, 0.2) is 36.4 Å². The van der Waals surface area contributed by atoms with E-state index in [0.29, 0.717) is 31.5 Å². The molecule has 0 saturated carbocycles. The van der Waals surface area contributed by atoms with E-state index in [0.717, 1.165) is 5.56 Å². The highest BCUT2D eigenvalue weighted by Crippen LogP contribution is 2.27. The van der Waals surface area contributed by atoms with Crippen LogP contribution in [0.2, 0.25) is 0 Å². The van der Waals surface area contributed by atoms with Crippen molar-refractivity contribution in [2.24, 2.45) is 5.73 Å². The first-order chi connectivity index (χ1) is 13.0. The number of benzene rings is 1. The minimum Gasteiger partial charge on any atom is -0.465 e. The predicted molar refractivity (Wildman–Crippen MR) is 98.1 cm³/mol. The van der Waals surface area contributed by atoms with Crippen molar-refractivity contribution in [3.05, 3.63) is 47.7 Å². The van der Waals surface area contributed by atoms with Crippen molar-refractivity contribution in [2.45, 2.75) is 32.2 Å². The Morgan fingerprint density at radius 3 is 2.44 bits per heavy atom. The number of hydroxylamine groups is 1. The van der Waals surface area contributed by atoms with E-state index in [-0.39, 0.29) is 17.7 Å². The molecule has 1 heterocycles. The molecule has 2 rings (SSSR count). The van der Waals surface area contributed by atoms with Gasteiger partial charge in [0.05, 0.1) is 12.7 Å². The van der Waals surface area contributed by atoms with Gasteiger partial charge in [0.15, 0.2) is 0 Å². The second-order valence-electron chi connectivity index (χ2n) is 6.01. The monoisotopic (exact) mass is 373 g/mol. The number of primary amides is 1. The first-order valence-electron chi connectivity index (χ1n) is 8.59. The Morgan fingerprint density at radius 1 is 1.15 bits per heavy atom. The van der Waals surface area contributed by atoms with Gasteiger partial charge in [0.2, 0.25) is 5.91 Å². The zero-order valence-corrected chi connectivity index (χ0v) is 15.1. The van der Waals surface area contributed by atoms with Gasteiger partial charge in [0.1, 0.15) is 5.69 Å². The summed E-state index contributed by atoms with van der Waals surface area (Å²) in [6.07, 6.45) is 2.16. The zero-order valence-electron chi connectivity index (χ0n) is 15.1. The van der Waals surface area contributed by atoms with Crippen molar-refractivity contribution in [1.82, 2.24) is 10.0 Å². The largest absolute Gasteiger partial charge is 0.465 e. The second-order valence-corrected chi connectivity index (χ2v) is 6.01. The van der Waals surface area contributed by atoms with Crippen LogP contribution in [0.5, 0.6) is 0 Å². The molecule has 8 heteroatoms. The molecule has 1 aromatic heterocycles. The van der Waals surface area contributed by atoms with E-state index in [1.165, 1.54) is 7.11 Å². The lowest BCUT2D eigenvalue weighted by Crippen LogP contribution is -2.21. The van der Waals surface area contributed by atoms with Crippen molar-refractivity contribution in [1.29, 1.82) is 0 Å². The van der Waals surface area contributed by atoms with Gasteiger partial charge in [-0.15, -0.1) is 0 Å². The smallest absolute Gasteiger partial charge is 0.340 e. The molecule has 2 aromatic rings. The Morgan fingerprint density at radius 2 is 1.85 bits per heavy atom. The summed E-state index contributed by atoms with van der Waals surface area (Å²) in [6.45, 7) is 0.445. The Balaban J connectivity index is 2.31. The van der Waals surface area contributed by atoms with Crippen molar-refractivity contribution >= 4 is 17.8 Å². The molecule has 0 fully saturated rings. The number of nitrogens with zero attached hydrogens (tertiary/aromatic N) is 1. The lowest BCUT2D eigenvalue weighted by Gasteiger charge is -2.12. The normalized spacial score (nSPS) is 10.4. The molecular formula is C19H23N3O5. The highest BCUT2D eigenvalue weighted by molar-refractivity contribution is 6.05. The molecule has 0 unspecified atom stereocenters. The van der Waals surface area contributed by atoms with Gasteiger partial charge >= 0.3 is 5.97 Å². The summed E-state index contributed by atoms with van der Waals surface area (Å²) >= 11 is 0. The number of ether oxygens (including phenoxy) is 1. The van der Waals surface area contributed by atoms with E-state index >= 15 is 0 Å². The van der Waals surface area contributed by atoms with Crippen LogP contribution >= 0.6 is 0 Å². The number of rotatable bonds is 9. The summed E-state index contributed by atoms with van der Waals surface area (Å²) in [6, 6.07) is 11.0. The average Bonchev–Trinajstić information content (AvgIpc) is 3.07. The van der Waals surface area contributed by atoms with Crippen LogP contribution in [0.3, 0.4) is 0 Å². The maximum atomic E-state index is 12.1. The number of methoxy groups -OCH3 is 1. The molecule has 0 radical (unpaired) electrons. The maximum absolute atomic E-state index is 12.1. The number of aromatic nitrogens is 1. The summed E-state index contributed by atoms with van der Waals surface area (Å²) in [7, 11) is 1.25. The Labute approximate surface area is 156 Å². The molecule has 0 aliphatic rings. The molecule has 27 heavy (non-hydrogen) atoms. The summed E-state index contributed by atoms with van der Waals surface area (Å²) in [5.74, 6) is -1.77. The van der Waals surface area contributed by atoms with E-state index in [2.05, 4.69) is 0 Å². The molecule has 144 valence electrons. The van der Waals surface area contributed by atoms with Gasteiger partial charge in [-0.3, -0.25) is 14.8 Å². The second kappa shape index (κ2) is 9.54. The number of nitrogens with one attached hydrogen (secondary N) is 1. The van der Waals surface area contributed by atoms with E-state index in [9.17, 15) is 14.4 Å². The third-order valence-corrected chi connectivity index (χ3v) is 4.22. The van der Waals surface area contributed by atoms with Crippen LogP contribution in [-0.2, 0) is 16.1 Å². The zero-order chi connectivity index (χ0) is 19.8. The topological polar surface area (TPSA) is 124 Å². The molecule has 0 atom stereocenters. The first-order valence-corrected chi connectivity index (χ1v) is 8.59. The number of carbonyl (C=O) groups excluding carboxylic acids is 3. The van der Waals surface area contributed by atoms with Gasteiger partial charge < -0.3 is 15.0 Å². The Hall–Kier alpha value is -3.13. The quantitative estimate of drug-likeness (QED) is 0.269. The molecule has 0 saturated heterocycles. The van der Waals surface area contributed by atoms with Crippen molar-refractivity contribution in [2.75, 3.05) is 7.11 Å². The highest BCUT2D eigenvalue weighted by atomic mass is 16.5. The molecule has 0 spiro atoms. The van der Waals surface area contributed by atoms with Crippen LogP contribution in [-0.4, -0.2) is 34.7 Å². The Bertz CT molecular complexity index is 814. The van der Waals surface area contributed by atoms with Crippen LogP contribution in [0, 0.1) is 0 Å². The number of esters is 1. The maximum Gasteiger partial charge on any atom is 0.340 e. The number of amides is 2. The van der Waals surface area contributed by atoms with Crippen LogP contribution in [0.4, 0.5) is 0 Å². The van der Waals surface area contributed by atoms with Gasteiger partial charge in [-0.05, 0) is 24.5 Å². The highest BCUT2D eigenvalue weighted by Gasteiger charge is 2.25. The molecule has 8 nitrogen and oxygen atoms in total. The predicted octanol–water partition coefficient (Wildman–Crippen LogP) is 2.11. The minimum absolute atomic E-state index is 0.105. The molecule has 4 N–H and O–H groups in total. The SMILES string of the molecule is COC(=O)c1cc(-c2ccccc2)n(CCCCCC(=O)NO)c1C(N)=O. The first kappa shape index (κ1) is 20.2. The van der Waals surface area contributed by atoms with Crippen molar-refractivity contribution in [3.63, 3.8) is 0 Å². The van der Waals surface area contributed by atoms with Crippen LogP contribution < -0.4 is 11.2 Å². The van der Waals surface area contributed by atoms with Gasteiger partial charge in [-0.25, -0.2) is 10.3 Å². The fraction of sp³-hybridized carbons (Fsp3) is 0.316. The van der Waals surface area contributed by atoms with Gasteiger partial charge in [-0.2, -0.15) is 0 Å². The number of hydrogen-bond acceptors (Lipinski definition) is 5. The van der Waals surface area contributed by atoms with E-state index < -0.39 is 17.8 Å². The third kappa shape index (κ3) is 4.95. The minimum atomic E-state index is -0.711. The molecule has 0 bridgehead atoms. The Kier molecular flexibility index (Phi) is 7.13. The number of hydrogen-bond donors (Lipinski definition) is 3. The van der Waals surface area contributed by atoms with Crippen molar-refractivity contribution < 1.29 is 24.3 Å². The molecule has 0 aliphatic heterocycles. The molecule has 0 aliphatic carbocycles. The molecule has 2 amide bonds. The third-order valence-electron chi connectivity index (χ3n) is 4.22. The lowest BCUT2D eigenvalue weighted by molar-refractivity contribution is -0.129. The van der Waals surface area contributed by atoms with E-state index in [1.807, 2.05) is 30.3 Å². The average molecular weight is 373 g/mol. The number of nitrogens with two attached hydrogens (primary N) is 1. The molecule has 1 aromatic carbocycles. The standard InChI is InChI=1S/C19H23N3O5/c1-27-19(25)14-12-15(13-8-4-2-5-9-13)22(17(14)18(20)24)11-7-3-6-10-16(23)21-26/h2,4-5,8-9,12,26H,3,6-7,10-11H2,1H3,(H2,20,24)(H,21,23). The fourth-order valence-corrected chi connectivity index (χ4v) is 2.95. The summed E-state index contributed by atoms with van der Waals surface area (Å²) in [5.41, 5.74) is 8.90. The van der Waals surface area contributed by atoms with E-state index in [4.69, 9.17) is 15.7 Å². The number of carbonyl (C=O) groups is 3. The summed E-state index contributed by atoms with van der Waals surface area (Å²) in [4.78, 5) is 35.2. The van der Waals surface area contributed by atoms with Crippen LogP contribution in [0.25, 0.3) is 11.3 Å². The fourth-order valence-electron chi connectivity index (χ4n) is 2.95. The number of unbranched alkanes of at least 4 members (excludes halogenated alkanes) is 2. The van der Waals surface area contributed by atoms with E-state index in [1.54, 1.807) is 16.1 Å². The van der Waals surface area contributed by atoms with Crippen molar-refractivity contribution in [3.8, 4) is 11.3 Å². The van der Waals surface area contributed by atoms with Gasteiger partial charge in [0, 0.05) is 18.7 Å². The summed E-state index contributed by atoms with van der Waals surface area (Å²) < 4.78 is 6.50. The van der Waals surface area contributed by atoms with Crippen LogP contribution in [0.1, 0.15) is 46.5 Å².